The Morgan fingerprint density at radius 3 is 1.80 bits per heavy atom. The lowest BCUT2D eigenvalue weighted by atomic mass is 9.82. The van der Waals surface area contributed by atoms with Crippen molar-refractivity contribution in [2.24, 2.45) is 0 Å². The lowest BCUT2D eigenvalue weighted by Crippen LogP contribution is -2.15. The maximum atomic E-state index is 2.49. The summed E-state index contributed by atoms with van der Waals surface area (Å²) in [5.41, 5.74) is 11.3. The normalized spacial score (nSPS) is 13.2. The van der Waals surface area contributed by atoms with E-state index in [0.717, 1.165) is 11.4 Å². The molecule has 9 aromatic carbocycles. The Morgan fingerprint density at radius 2 is 0.980 bits per heavy atom. The minimum absolute atomic E-state index is 0.0543. The zero-order chi connectivity index (χ0) is 33.4. The van der Waals surface area contributed by atoms with Crippen LogP contribution in [0.5, 0.6) is 0 Å². The molecule has 0 aliphatic heterocycles. The highest BCUT2D eigenvalue weighted by atomic mass is 15.1. The highest BCUT2D eigenvalue weighted by molar-refractivity contribution is 6.23. The van der Waals surface area contributed by atoms with Gasteiger partial charge < -0.3 is 4.90 Å². The van der Waals surface area contributed by atoms with Crippen LogP contribution in [0.2, 0.25) is 0 Å². The highest BCUT2D eigenvalue weighted by Gasteiger charge is 2.35. The van der Waals surface area contributed by atoms with Crippen LogP contribution in [0.15, 0.2) is 176 Å². The molecule has 0 amide bonds. The van der Waals surface area contributed by atoms with E-state index in [9.17, 15) is 0 Å². The van der Waals surface area contributed by atoms with E-state index in [1.54, 1.807) is 0 Å². The molecule has 0 bridgehead atoms. The van der Waals surface area contributed by atoms with Gasteiger partial charge in [-0.2, -0.15) is 0 Å². The molecular weight excluding hydrogens is 603 g/mol. The van der Waals surface area contributed by atoms with Crippen molar-refractivity contribution in [1.82, 2.24) is 0 Å². The van der Waals surface area contributed by atoms with Crippen molar-refractivity contribution in [2.75, 3.05) is 4.90 Å². The zero-order valence-electron chi connectivity index (χ0n) is 28.2. The topological polar surface area (TPSA) is 3.24 Å². The minimum atomic E-state index is -0.0543. The van der Waals surface area contributed by atoms with Gasteiger partial charge in [0.05, 0.1) is 5.69 Å². The number of fused-ring (bicyclic) bond motifs is 9. The molecule has 0 saturated heterocycles. The molecule has 1 nitrogen and oxygen atoms in total. The maximum Gasteiger partial charge on any atom is 0.0552 e. The largest absolute Gasteiger partial charge is 0.310 e. The quantitative estimate of drug-likeness (QED) is 0.174. The van der Waals surface area contributed by atoms with Crippen LogP contribution in [-0.2, 0) is 5.41 Å². The van der Waals surface area contributed by atoms with Crippen LogP contribution in [0.25, 0.3) is 65.3 Å². The minimum Gasteiger partial charge on any atom is -0.310 e. The molecular formula is C49H35N. The third-order valence-corrected chi connectivity index (χ3v) is 11.0. The Bertz CT molecular complexity index is 2780. The molecule has 10 rings (SSSR count). The van der Waals surface area contributed by atoms with Crippen LogP contribution in [0, 0.1) is 0 Å². The van der Waals surface area contributed by atoms with E-state index in [2.05, 4.69) is 195 Å². The van der Waals surface area contributed by atoms with Crippen molar-refractivity contribution in [2.45, 2.75) is 19.3 Å². The molecule has 0 atom stereocenters. The number of hydrogen-bond acceptors (Lipinski definition) is 1. The maximum absolute atomic E-state index is 2.49. The van der Waals surface area contributed by atoms with Gasteiger partial charge in [-0.1, -0.05) is 159 Å². The fourth-order valence-corrected chi connectivity index (χ4v) is 8.58. The van der Waals surface area contributed by atoms with Crippen LogP contribution in [-0.4, -0.2) is 0 Å². The highest BCUT2D eigenvalue weighted by Crippen LogP contribution is 2.52. The van der Waals surface area contributed by atoms with E-state index in [4.69, 9.17) is 0 Å². The summed E-state index contributed by atoms with van der Waals surface area (Å²) in [7, 11) is 0. The monoisotopic (exact) mass is 637 g/mol. The molecule has 50 heavy (non-hydrogen) atoms. The molecule has 1 aliphatic rings. The van der Waals surface area contributed by atoms with Gasteiger partial charge in [-0.25, -0.2) is 0 Å². The summed E-state index contributed by atoms with van der Waals surface area (Å²) in [4.78, 5) is 2.49. The number of nitrogens with zero attached hydrogens (tertiary/aromatic N) is 1. The Balaban J connectivity index is 1.26. The summed E-state index contributed by atoms with van der Waals surface area (Å²) in [5, 5.41) is 10.1. The third-order valence-electron chi connectivity index (χ3n) is 11.0. The van der Waals surface area contributed by atoms with Gasteiger partial charge in [-0.3, -0.25) is 0 Å². The first-order valence-electron chi connectivity index (χ1n) is 17.5. The molecule has 0 heterocycles. The van der Waals surface area contributed by atoms with Gasteiger partial charge in [-0.05, 0) is 101 Å². The number of anilines is 3. The van der Waals surface area contributed by atoms with Crippen LogP contribution < -0.4 is 4.90 Å². The Labute approximate surface area is 292 Å². The fraction of sp³-hybridized carbons (Fsp3) is 0.0612. The first kappa shape index (κ1) is 28.8. The average molecular weight is 638 g/mol. The third kappa shape index (κ3) is 4.27. The lowest BCUT2D eigenvalue weighted by Gasteiger charge is -2.29. The van der Waals surface area contributed by atoms with Crippen LogP contribution in [0.3, 0.4) is 0 Å². The molecule has 0 unspecified atom stereocenters. The van der Waals surface area contributed by atoms with Gasteiger partial charge in [0, 0.05) is 22.2 Å². The molecule has 0 spiro atoms. The predicted octanol–water partition coefficient (Wildman–Crippen LogP) is 13.7. The van der Waals surface area contributed by atoms with E-state index in [1.165, 1.54) is 82.2 Å². The molecule has 0 fully saturated rings. The summed E-state index contributed by atoms with van der Waals surface area (Å²) < 4.78 is 0. The summed E-state index contributed by atoms with van der Waals surface area (Å²) in [6.07, 6.45) is 0. The molecule has 9 aromatic rings. The smallest absolute Gasteiger partial charge is 0.0552 e. The van der Waals surface area contributed by atoms with Crippen molar-refractivity contribution in [1.29, 1.82) is 0 Å². The Hall–Kier alpha value is -6.18. The van der Waals surface area contributed by atoms with Gasteiger partial charge in [-0.15, -0.1) is 0 Å². The van der Waals surface area contributed by atoms with Gasteiger partial charge in [0.2, 0.25) is 0 Å². The van der Waals surface area contributed by atoms with E-state index in [-0.39, 0.29) is 5.41 Å². The summed E-state index contributed by atoms with van der Waals surface area (Å²) in [6, 6.07) is 65.1. The average Bonchev–Trinajstić information content (AvgIpc) is 3.40. The van der Waals surface area contributed by atoms with Crippen molar-refractivity contribution in [3.63, 3.8) is 0 Å². The van der Waals surface area contributed by atoms with Crippen LogP contribution in [0.4, 0.5) is 17.1 Å². The molecule has 1 heteroatoms. The first-order chi connectivity index (χ1) is 24.6. The Kier molecular flexibility index (Phi) is 6.29. The van der Waals surface area contributed by atoms with E-state index in [0.29, 0.717) is 0 Å². The Morgan fingerprint density at radius 1 is 0.380 bits per heavy atom. The molecule has 236 valence electrons. The summed E-state index contributed by atoms with van der Waals surface area (Å²) in [5.74, 6) is 0. The van der Waals surface area contributed by atoms with Crippen molar-refractivity contribution >= 4 is 60.2 Å². The molecule has 1 aliphatic carbocycles. The predicted molar refractivity (Wildman–Crippen MR) is 214 cm³/mol. The standard InChI is InChI=1S/C49H35N/c1-49(2)45-21-10-9-19-42(45)44-31-37(27-29-46(44)49)50(36-25-22-34(23-26-36)39-20-11-15-32-12-3-6-16-38(32)39)47-30-35-14-5-7-17-40(35)43-28-24-33-13-4-8-18-41(33)48(43)47/h3-31H,1-2H3. The van der Waals surface area contributed by atoms with Gasteiger partial charge in [0.15, 0.2) is 0 Å². The van der Waals surface area contributed by atoms with Gasteiger partial charge in [0.1, 0.15) is 0 Å². The van der Waals surface area contributed by atoms with Gasteiger partial charge in [0.25, 0.3) is 0 Å². The van der Waals surface area contributed by atoms with Crippen LogP contribution >= 0.6 is 0 Å². The summed E-state index contributed by atoms with van der Waals surface area (Å²) >= 11 is 0. The second-order valence-electron chi connectivity index (χ2n) is 14.1. The van der Waals surface area contributed by atoms with Crippen molar-refractivity contribution in [3.8, 4) is 22.3 Å². The van der Waals surface area contributed by atoms with Crippen LogP contribution in [0.1, 0.15) is 25.0 Å². The number of rotatable bonds is 4. The summed E-state index contributed by atoms with van der Waals surface area (Å²) in [6.45, 7) is 4.70. The molecule has 0 radical (unpaired) electrons. The van der Waals surface area contributed by atoms with E-state index >= 15 is 0 Å². The van der Waals surface area contributed by atoms with E-state index < -0.39 is 0 Å². The second kappa shape index (κ2) is 10.9. The SMILES string of the molecule is CC1(C)c2ccccc2-c2cc(N(c3ccc(-c4cccc5ccccc45)cc3)c3cc4ccccc4c4ccc5ccccc5c34)ccc21. The van der Waals surface area contributed by atoms with Gasteiger partial charge >= 0.3 is 0 Å². The zero-order valence-corrected chi connectivity index (χ0v) is 28.2. The van der Waals surface area contributed by atoms with Crippen molar-refractivity contribution in [3.05, 3.63) is 187 Å². The van der Waals surface area contributed by atoms with Crippen molar-refractivity contribution < 1.29 is 0 Å². The molecule has 0 saturated carbocycles. The molecule has 0 aromatic heterocycles. The lowest BCUT2D eigenvalue weighted by molar-refractivity contribution is 0.660. The molecule has 0 N–H and O–H groups in total. The first-order valence-corrected chi connectivity index (χ1v) is 17.5. The van der Waals surface area contributed by atoms with E-state index in [1.807, 2.05) is 0 Å². The number of hydrogen-bond donors (Lipinski definition) is 0. The number of benzene rings is 9. The second-order valence-corrected chi connectivity index (χ2v) is 14.1. The fourth-order valence-electron chi connectivity index (χ4n) is 8.58.